The van der Waals surface area contributed by atoms with Crippen LogP contribution in [0.15, 0.2) is 46.3 Å². The van der Waals surface area contributed by atoms with Crippen LogP contribution in [0.3, 0.4) is 0 Å². The average molecular weight is 371 g/mol. The van der Waals surface area contributed by atoms with E-state index in [0.717, 1.165) is 12.8 Å². The Morgan fingerprint density at radius 3 is 2.81 bits per heavy atom. The van der Waals surface area contributed by atoms with E-state index in [1.165, 1.54) is 17.8 Å². The topological polar surface area (TPSA) is 83.1 Å². The van der Waals surface area contributed by atoms with Crippen LogP contribution >= 0.6 is 11.8 Å². The molecule has 7 heteroatoms. The SMILES string of the molecule is Cc1cc(=O)[nH]c(SCC(=O)N2CCC[C@H](C(=O)c3ccccc3)C2)n1. The van der Waals surface area contributed by atoms with Crippen molar-refractivity contribution < 1.29 is 9.59 Å². The van der Waals surface area contributed by atoms with E-state index in [9.17, 15) is 14.4 Å². The maximum atomic E-state index is 12.6. The van der Waals surface area contributed by atoms with Gasteiger partial charge in [0.2, 0.25) is 5.91 Å². The molecule has 136 valence electrons. The van der Waals surface area contributed by atoms with Gasteiger partial charge in [-0.3, -0.25) is 14.4 Å². The first-order valence-electron chi connectivity index (χ1n) is 8.61. The van der Waals surface area contributed by atoms with Gasteiger partial charge < -0.3 is 9.88 Å². The van der Waals surface area contributed by atoms with E-state index in [0.29, 0.717) is 29.5 Å². The standard InChI is InChI=1S/C19H21N3O3S/c1-13-10-16(23)21-19(20-13)26-12-17(24)22-9-5-8-15(11-22)18(25)14-6-3-2-4-7-14/h2-4,6-7,10,15H,5,8-9,11-12H2,1H3,(H,20,21,23)/t15-/m0/s1. The molecule has 0 unspecified atom stereocenters. The van der Waals surface area contributed by atoms with Crippen LogP contribution in [0.25, 0.3) is 0 Å². The van der Waals surface area contributed by atoms with Crippen LogP contribution in [0.2, 0.25) is 0 Å². The summed E-state index contributed by atoms with van der Waals surface area (Å²) >= 11 is 1.21. The molecule has 1 amide bonds. The summed E-state index contributed by atoms with van der Waals surface area (Å²) in [5, 5.41) is 0.442. The highest BCUT2D eigenvalue weighted by molar-refractivity contribution is 7.99. The summed E-state index contributed by atoms with van der Waals surface area (Å²) in [5.41, 5.74) is 1.09. The van der Waals surface area contributed by atoms with Crippen LogP contribution < -0.4 is 5.56 Å². The molecule has 1 atom stereocenters. The highest BCUT2D eigenvalue weighted by Crippen LogP contribution is 2.22. The van der Waals surface area contributed by atoms with Gasteiger partial charge in [0.25, 0.3) is 5.56 Å². The Morgan fingerprint density at radius 2 is 2.08 bits per heavy atom. The molecule has 6 nitrogen and oxygen atoms in total. The Labute approximate surface area is 156 Å². The highest BCUT2D eigenvalue weighted by Gasteiger charge is 2.28. The highest BCUT2D eigenvalue weighted by atomic mass is 32.2. The number of hydrogen-bond donors (Lipinski definition) is 1. The molecule has 1 N–H and O–H groups in total. The van der Waals surface area contributed by atoms with Gasteiger partial charge in [-0.15, -0.1) is 0 Å². The van der Waals surface area contributed by atoms with Crippen LogP contribution in [0.1, 0.15) is 28.9 Å². The maximum Gasteiger partial charge on any atom is 0.251 e. The van der Waals surface area contributed by atoms with Crippen molar-refractivity contribution in [1.82, 2.24) is 14.9 Å². The van der Waals surface area contributed by atoms with Crippen LogP contribution in [0.4, 0.5) is 0 Å². The molecule has 0 radical (unpaired) electrons. The van der Waals surface area contributed by atoms with Crippen LogP contribution in [-0.4, -0.2) is 45.4 Å². The molecule has 1 aliphatic heterocycles. The molecule has 0 saturated carbocycles. The van der Waals surface area contributed by atoms with Gasteiger partial charge in [0, 0.05) is 36.3 Å². The largest absolute Gasteiger partial charge is 0.341 e. The summed E-state index contributed by atoms with van der Waals surface area (Å²) < 4.78 is 0. The van der Waals surface area contributed by atoms with Gasteiger partial charge in [-0.05, 0) is 19.8 Å². The Morgan fingerprint density at radius 1 is 1.31 bits per heavy atom. The van der Waals surface area contributed by atoms with E-state index in [-0.39, 0.29) is 28.9 Å². The number of H-pyrrole nitrogens is 1. The monoisotopic (exact) mass is 371 g/mol. The number of benzene rings is 1. The smallest absolute Gasteiger partial charge is 0.251 e. The molecule has 0 aliphatic carbocycles. The molecule has 1 aromatic heterocycles. The lowest BCUT2D eigenvalue weighted by Crippen LogP contribution is -2.43. The van der Waals surface area contributed by atoms with Crippen molar-refractivity contribution in [1.29, 1.82) is 0 Å². The third kappa shape index (κ3) is 4.60. The lowest BCUT2D eigenvalue weighted by atomic mass is 9.90. The number of carbonyl (C=O) groups is 2. The molecule has 1 aliphatic rings. The summed E-state index contributed by atoms with van der Waals surface area (Å²) in [6.45, 7) is 2.85. The lowest BCUT2D eigenvalue weighted by Gasteiger charge is -2.32. The first-order valence-corrected chi connectivity index (χ1v) is 9.59. The molecule has 0 bridgehead atoms. The molecule has 2 aromatic rings. The number of Topliss-reactive ketones (excluding diaryl/α,β-unsaturated/α-hetero) is 1. The fourth-order valence-corrected chi connectivity index (χ4v) is 3.92. The summed E-state index contributed by atoms with van der Waals surface area (Å²) in [5.74, 6) is 0.0979. The van der Waals surface area contributed by atoms with Crippen molar-refractivity contribution >= 4 is 23.5 Å². The number of nitrogens with one attached hydrogen (secondary N) is 1. The van der Waals surface area contributed by atoms with Crippen molar-refractivity contribution in [2.24, 2.45) is 5.92 Å². The summed E-state index contributed by atoms with van der Waals surface area (Å²) in [4.78, 5) is 45.2. The minimum atomic E-state index is -0.223. The van der Waals surface area contributed by atoms with Gasteiger partial charge in [0.05, 0.1) is 5.75 Å². The number of hydrogen-bond acceptors (Lipinski definition) is 5. The zero-order valence-electron chi connectivity index (χ0n) is 14.6. The summed E-state index contributed by atoms with van der Waals surface area (Å²) in [6, 6.07) is 10.6. The van der Waals surface area contributed by atoms with E-state index < -0.39 is 0 Å². The maximum absolute atomic E-state index is 12.6. The first kappa shape index (κ1) is 18.4. The van der Waals surface area contributed by atoms with Crippen LogP contribution in [0.5, 0.6) is 0 Å². The minimum Gasteiger partial charge on any atom is -0.341 e. The number of piperidine rings is 1. The van der Waals surface area contributed by atoms with Crippen molar-refractivity contribution in [2.75, 3.05) is 18.8 Å². The van der Waals surface area contributed by atoms with Crippen LogP contribution in [-0.2, 0) is 4.79 Å². The Kier molecular flexibility index (Phi) is 5.88. The molecular weight excluding hydrogens is 350 g/mol. The fourth-order valence-electron chi connectivity index (χ4n) is 3.10. The molecule has 1 aromatic carbocycles. The zero-order chi connectivity index (χ0) is 18.5. The number of aryl methyl sites for hydroxylation is 1. The van der Waals surface area contributed by atoms with Crippen LogP contribution in [0, 0.1) is 12.8 Å². The summed E-state index contributed by atoms with van der Waals surface area (Å²) in [7, 11) is 0. The molecule has 26 heavy (non-hydrogen) atoms. The number of amides is 1. The first-order chi connectivity index (χ1) is 12.5. The minimum absolute atomic E-state index is 0.0373. The summed E-state index contributed by atoms with van der Waals surface area (Å²) in [6.07, 6.45) is 1.62. The molecule has 1 fully saturated rings. The fraction of sp³-hybridized carbons (Fsp3) is 0.368. The van der Waals surface area contributed by atoms with Gasteiger partial charge in [-0.1, -0.05) is 42.1 Å². The van der Waals surface area contributed by atoms with Crippen molar-refractivity contribution in [2.45, 2.75) is 24.9 Å². The van der Waals surface area contributed by atoms with Crippen molar-refractivity contribution in [3.05, 3.63) is 58.0 Å². The van der Waals surface area contributed by atoms with Gasteiger partial charge >= 0.3 is 0 Å². The number of likely N-dealkylation sites (tertiary alicyclic amines) is 1. The predicted molar refractivity (Wildman–Crippen MR) is 100 cm³/mol. The zero-order valence-corrected chi connectivity index (χ0v) is 15.4. The van der Waals surface area contributed by atoms with E-state index in [1.54, 1.807) is 11.8 Å². The molecular formula is C19H21N3O3S. The molecule has 3 rings (SSSR count). The number of ketones is 1. The third-order valence-electron chi connectivity index (χ3n) is 4.38. The van der Waals surface area contributed by atoms with Gasteiger partial charge in [0.1, 0.15) is 0 Å². The van der Waals surface area contributed by atoms with Gasteiger partial charge in [-0.25, -0.2) is 4.98 Å². The van der Waals surface area contributed by atoms with E-state index in [2.05, 4.69) is 9.97 Å². The second-order valence-corrected chi connectivity index (χ2v) is 7.35. The van der Waals surface area contributed by atoms with E-state index >= 15 is 0 Å². The molecule has 1 saturated heterocycles. The number of aromatic nitrogens is 2. The van der Waals surface area contributed by atoms with Gasteiger partial charge in [0.15, 0.2) is 10.9 Å². The van der Waals surface area contributed by atoms with Crippen molar-refractivity contribution in [3.63, 3.8) is 0 Å². The van der Waals surface area contributed by atoms with E-state index in [4.69, 9.17) is 0 Å². The number of aromatic amines is 1. The normalized spacial score (nSPS) is 17.1. The Hall–Kier alpha value is -2.41. The van der Waals surface area contributed by atoms with Gasteiger partial charge in [-0.2, -0.15) is 0 Å². The molecule has 0 spiro atoms. The second kappa shape index (κ2) is 8.31. The second-order valence-electron chi connectivity index (χ2n) is 6.39. The average Bonchev–Trinajstić information content (AvgIpc) is 2.65. The number of thioether (sulfide) groups is 1. The lowest BCUT2D eigenvalue weighted by molar-refractivity contribution is -0.129. The quantitative estimate of drug-likeness (QED) is 0.495. The Bertz CT molecular complexity index is 851. The number of nitrogens with zero attached hydrogens (tertiary/aromatic N) is 2. The van der Waals surface area contributed by atoms with Crippen molar-refractivity contribution in [3.8, 4) is 0 Å². The van der Waals surface area contributed by atoms with E-state index in [1.807, 2.05) is 30.3 Å². The third-order valence-corrected chi connectivity index (χ3v) is 5.24. The molecule has 2 heterocycles. The number of rotatable bonds is 5. The predicted octanol–water partition coefficient (Wildman–Crippen LogP) is 2.29. The Balaban J connectivity index is 1.59. The number of carbonyl (C=O) groups excluding carboxylic acids is 2.